The van der Waals surface area contributed by atoms with Crippen molar-refractivity contribution in [2.24, 2.45) is 0 Å². The number of nitrogens with zero attached hydrogens (tertiary/aromatic N) is 1. The Balaban J connectivity index is 1.74. The van der Waals surface area contributed by atoms with E-state index < -0.39 is 10.8 Å². The smallest absolute Gasteiger partial charge is 0.127 e. The molecule has 0 amide bonds. The van der Waals surface area contributed by atoms with E-state index in [4.69, 9.17) is 0 Å². The second-order valence-corrected chi connectivity index (χ2v) is 6.97. The van der Waals surface area contributed by atoms with Gasteiger partial charge in [-0.1, -0.05) is 30.3 Å². The third-order valence-electron chi connectivity index (χ3n) is 2.90. The minimum Gasteiger partial charge on any atom is -0.259 e. The topological polar surface area (TPSA) is 30.0 Å². The maximum atomic E-state index is 13.5. The molecule has 0 N–H and O–H groups in total. The lowest BCUT2D eigenvalue weighted by Crippen LogP contribution is -2.01. The quantitative estimate of drug-likeness (QED) is 0.732. The van der Waals surface area contributed by atoms with Crippen LogP contribution in [0.3, 0.4) is 0 Å². The van der Waals surface area contributed by atoms with E-state index in [-0.39, 0.29) is 11.6 Å². The monoisotopic (exact) mass is 305 g/mol. The second-order valence-electron chi connectivity index (χ2n) is 4.40. The van der Waals surface area contributed by atoms with Crippen molar-refractivity contribution in [2.45, 2.75) is 11.5 Å². The Bertz CT molecular complexity index is 736. The lowest BCUT2D eigenvalue weighted by Gasteiger charge is -2.01. The van der Waals surface area contributed by atoms with Gasteiger partial charge in [0.05, 0.1) is 21.7 Å². The van der Waals surface area contributed by atoms with E-state index in [9.17, 15) is 8.60 Å². The van der Waals surface area contributed by atoms with Crippen LogP contribution in [0, 0.1) is 5.82 Å². The Kier molecular flexibility index (Phi) is 3.89. The molecule has 1 aromatic heterocycles. The number of para-hydroxylation sites is 1. The number of aromatic nitrogens is 1. The third-order valence-corrected chi connectivity index (χ3v) is 5.34. The molecule has 1 atom stereocenters. The molecule has 2 aromatic carbocycles. The SMILES string of the molecule is O=S(Cc1nc2ccccc2s1)Cc1ccccc1F. The summed E-state index contributed by atoms with van der Waals surface area (Å²) in [6.45, 7) is 0. The number of halogens is 1. The predicted molar refractivity (Wildman–Crippen MR) is 81.6 cm³/mol. The molecule has 0 aliphatic carbocycles. The van der Waals surface area contributed by atoms with Gasteiger partial charge in [0, 0.05) is 16.4 Å². The van der Waals surface area contributed by atoms with Gasteiger partial charge < -0.3 is 0 Å². The van der Waals surface area contributed by atoms with Crippen LogP contribution in [0.2, 0.25) is 0 Å². The van der Waals surface area contributed by atoms with Crippen LogP contribution in [0.1, 0.15) is 10.6 Å². The predicted octanol–water partition coefficient (Wildman–Crippen LogP) is 3.88. The molecular formula is C15H12FNOS2. The van der Waals surface area contributed by atoms with Crippen LogP contribution < -0.4 is 0 Å². The number of thiazole rings is 1. The van der Waals surface area contributed by atoms with E-state index in [2.05, 4.69) is 4.98 Å². The number of rotatable bonds is 4. The van der Waals surface area contributed by atoms with Gasteiger partial charge in [-0.05, 0) is 18.2 Å². The Hall–Kier alpha value is -1.59. The lowest BCUT2D eigenvalue weighted by molar-refractivity contribution is 0.615. The summed E-state index contributed by atoms with van der Waals surface area (Å²) in [5.41, 5.74) is 1.42. The van der Waals surface area contributed by atoms with Crippen LogP contribution in [0.5, 0.6) is 0 Å². The first-order chi connectivity index (χ1) is 9.72. The Morgan fingerprint density at radius 3 is 2.60 bits per heavy atom. The molecular weight excluding hydrogens is 293 g/mol. The zero-order chi connectivity index (χ0) is 13.9. The Morgan fingerprint density at radius 2 is 1.80 bits per heavy atom. The minimum absolute atomic E-state index is 0.225. The average Bonchev–Trinajstić information content (AvgIpc) is 2.83. The van der Waals surface area contributed by atoms with E-state index >= 15 is 0 Å². The van der Waals surface area contributed by atoms with Crippen LogP contribution in [0.25, 0.3) is 10.2 Å². The van der Waals surface area contributed by atoms with Gasteiger partial charge in [0.1, 0.15) is 10.8 Å². The van der Waals surface area contributed by atoms with E-state index in [1.165, 1.54) is 6.07 Å². The van der Waals surface area contributed by atoms with Gasteiger partial charge in [0.15, 0.2) is 0 Å². The molecule has 1 heterocycles. The van der Waals surface area contributed by atoms with Crippen molar-refractivity contribution in [1.82, 2.24) is 4.98 Å². The summed E-state index contributed by atoms with van der Waals surface area (Å²) in [7, 11) is -1.15. The first-order valence-corrected chi connectivity index (χ1v) is 8.45. The minimum atomic E-state index is -1.15. The summed E-state index contributed by atoms with van der Waals surface area (Å²) < 4.78 is 26.7. The first kappa shape index (κ1) is 13.4. The molecule has 3 aromatic rings. The van der Waals surface area contributed by atoms with Crippen molar-refractivity contribution in [3.8, 4) is 0 Å². The van der Waals surface area contributed by atoms with Crippen molar-refractivity contribution in [3.63, 3.8) is 0 Å². The molecule has 102 valence electrons. The van der Waals surface area contributed by atoms with Gasteiger partial charge in [-0.15, -0.1) is 11.3 Å². The van der Waals surface area contributed by atoms with Crippen molar-refractivity contribution in [1.29, 1.82) is 0 Å². The van der Waals surface area contributed by atoms with Crippen LogP contribution >= 0.6 is 11.3 Å². The van der Waals surface area contributed by atoms with Gasteiger partial charge in [-0.2, -0.15) is 0 Å². The highest BCUT2D eigenvalue weighted by Crippen LogP contribution is 2.23. The molecule has 1 unspecified atom stereocenters. The van der Waals surface area contributed by atoms with Crippen molar-refractivity contribution in [3.05, 3.63) is 64.9 Å². The fourth-order valence-corrected chi connectivity index (χ4v) is 4.38. The fraction of sp³-hybridized carbons (Fsp3) is 0.133. The molecule has 0 aliphatic heterocycles. The summed E-state index contributed by atoms with van der Waals surface area (Å²) in [6, 6.07) is 14.3. The maximum Gasteiger partial charge on any atom is 0.127 e. The average molecular weight is 305 g/mol. The van der Waals surface area contributed by atoms with E-state index in [0.717, 1.165) is 15.2 Å². The first-order valence-electron chi connectivity index (χ1n) is 6.15. The van der Waals surface area contributed by atoms with Crippen LogP contribution in [-0.2, 0) is 22.3 Å². The third kappa shape index (κ3) is 2.94. The van der Waals surface area contributed by atoms with Crippen LogP contribution in [0.15, 0.2) is 48.5 Å². The Labute approximate surface area is 122 Å². The number of fused-ring (bicyclic) bond motifs is 1. The number of benzene rings is 2. The largest absolute Gasteiger partial charge is 0.259 e. The van der Waals surface area contributed by atoms with E-state index in [1.54, 1.807) is 29.5 Å². The summed E-state index contributed by atoms with van der Waals surface area (Å²) in [4.78, 5) is 4.45. The number of hydrogen-bond acceptors (Lipinski definition) is 3. The van der Waals surface area contributed by atoms with Crippen molar-refractivity contribution in [2.75, 3.05) is 0 Å². The Morgan fingerprint density at radius 1 is 1.05 bits per heavy atom. The summed E-state index contributed by atoms with van der Waals surface area (Å²) in [5, 5.41) is 0.834. The highest BCUT2D eigenvalue weighted by atomic mass is 32.2. The molecule has 0 bridgehead atoms. The fourth-order valence-electron chi connectivity index (χ4n) is 1.96. The van der Waals surface area contributed by atoms with Crippen molar-refractivity contribution < 1.29 is 8.60 Å². The summed E-state index contributed by atoms with van der Waals surface area (Å²) in [5.74, 6) is 0.293. The molecule has 0 radical (unpaired) electrons. The molecule has 0 aliphatic rings. The van der Waals surface area contributed by atoms with Crippen molar-refractivity contribution >= 4 is 32.4 Å². The summed E-state index contributed by atoms with van der Waals surface area (Å²) >= 11 is 1.54. The highest BCUT2D eigenvalue weighted by molar-refractivity contribution is 7.83. The van der Waals surface area contributed by atoms with Crippen LogP contribution in [-0.4, -0.2) is 9.19 Å². The molecule has 20 heavy (non-hydrogen) atoms. The van der Waals surface area contributed by atoms with E-state index in [0.29, 0.717) is 11.3 Å². The second kappa shape index (κ2) is 5.81. The molecule has 5 heteroatoms. The normalized spacial score (nSPS) is 12.7. The standard InChI is InChI=1S/C15H12FNOS2/c16-12-6-2-1-5-11(12)9-20(18)10-15-17-13-7-3-4-8-14(13)19-15/h1-8H,9-10H2. The molecule has 3 rings (SSSR count). The van der Waals surface area contributed by atoms with Gasteiger partial charge in [0.25, 0.3) is 0 Å². The van der Waals surface area contributed by atoms with Gasteiger partial charge >= 0.3 is 0 Å². The molecule has 2 nitrogen and oxygen atoms in total. The maximum absolute atomic E-state index is 13.5. The van der Waals surface area contributed by atoms with Gasteiger partial charge in [-0.3, -0.25) is 4.21 Å². The molecule has 0 saturated heterocycles. The molecule has 0 saturated carbocycles. The lowest BCUT2D eigenvalue weighted by atomic mass is 10.2. The number of hydrogen-bond donors (Lipinski definition) is 0. The molecule has 0 fully saturated rings. The highest BCUT2D eigenvalue weighted by Gasteiger charge is 2.10. The van der Waals surface area contributed by atoms with E-state index in [1.807, 2.05) is 24.3 Å². The zero-order valence-electron chi connectivity index (χ0n) is 10.6. The van der Waals surface area contributed by atoms with Gasteiger partial charge in [0.2, 0.25) is 0 Å². The summed E-state index contributed by atoms with van der Waals surface area (Å²) in [6.07, 6.45) is 0. The molecule has 0 spiro atoms. The zero-order valence-corrected chi connectivity index (χ0v) is 12.2. The van der Waals surface area contributed by atoms with Crippen LogP contribution in [0.4, 0.5) is 4.39 Å². The van der Waals surface area contributed by atoms with Gasteiger partial charge in [-0.25, -0.2) is 9.37 Å².